The third kappa shape index (κ3) is 2.58. The maximum absolute atomic E-state index is 12.2. The van der Waals surface area contributed by atoms with Crippen molar-refractivity contribution in [3.05, 3.63) is 35.4 Å². The van der Waals surface area contributed by atoms with Crippen LogP contribution in [0.5, 0.6) is 0 Å². The van der Waals surface area contributed by atoms with Gasteiger partial charge in [-0.15, -0.1) is 4.72 Å². The van der Waals surface area contributed by atoms with Gasteiger partial charge in [-0.3, -0.25) is 0 Å². The minimum absolute atomic E-state index is 0.163. The van der Waals surface area contributed by atoms with E-state index in [4.69, 9.17) is 0 Å². The van der Waals surface area contributed by atoms with Gasteiger partial charge < -0.3 is 4.55 Å². The molecule has 1 N–H and O–H groups in total. The molecule has 2 nitrogen and oxygen atoms in total. The zero-order valence-corrected chi connectivity index (χ0v) is 12.7. The minimum Gasteiger partial charge on any atom is -0.598 e. The summed E-state index contributed by atoms with van der Waals surface area (Å²) >= 11 is -1.02. The van der Waals surface area contributed by atoms with Crippen molar-refractivity contribution in [2.75, 3.05) is 0 Å². The highest BCUT2D eigenvalue weighted by Crippen LogP contribution is 2.44. The second-order valence-corrected chi connectivity index (χ2v) is 8.72. The molecule has 0 aliphatic heterocycles. The van der Waals surface area contributed by atoms with Gasteiger partial charge >= 0.3 is 0 Å². The Balaban J connectivity index is 2.23. The number of rotatable bonds is 2. The average molecular weight is 265 g/mol. The maximum atomic E-state index is 12.2. The van der Waals surface area contributed by atoms with Crippen molar-refractivity contribution in [2.24, 2.45) is 0 Å². The molecule has 0 fully saturated rings. The van der Waals surface area contributed by atoms with Gasteiger partial charge in [0.2, 0.25) is 0 Å². The Bertz CT molecular complexity index is 436. The number of nitrogens with one attached hydrogen (secondary N) is 1. The Morgan fingerprint density at radius 2 is 1.89 bits per heavy atom. The van der Waals surface area contributed by atoms with E-state index in [0.29, 0.717) is 0 Å². The molecular formula is C15H23NOS. The summed E-state index contributed by atoms with van der Waals surface area (Å²) in [5.41, 5.74) is 2.85. The van der Waals surface area contributed by atoms with Crippen LogP contribution in [-0.2, 0) is 16.8 Å². The molecule has 0 bridgehead atoms. The monoisotopic (exact) mass is 265 g/mol. The molecule has 0 amide bonds. The fraction of sp³-hybridized carbons (Fsp3) is 0.600. The summed E-state index contributed by atoms with van der Waals surface area (Å²) in [6.45, 7) is 10.5. The molecule has 1 aliphatic carbocycles. The fourth-order valence-electron chi connectivity index (χ4n) is 2.56. The fourth-order valence-corrected chi connectivity index (χ4v) is 3.38. The molecule has 0 radical (unpaired) electrons. The highest BCUT2D eigenvalue weighted by atomic mass is 32.2. The first-order valence-electron chi connectivity index (χ1n) is 6.49. The zero-order chi connectivity index (χ0) is 13.6. The van der Waals surface area contributed by atoms with Gasteiger partial charge in [0.1, 0.15) is 4.75 Å². The Morgan fingerprint density at radius 1 is 1.28 bits per heavy atom. The molecule has 2 rings (SSSR count). The Labute approximate surface area is 113 Å². The third-order valence-electron chi connectivity index (χ3n) is 3.59. The molecule has 3 heteroatoms. The number of benzene rings is 1. The second kappa shape index (κ2) is 4.55. The van der Waals surface area contributed by atoms with Gasteiger partial charge in [0.05, 0.1) is 6.04 Å². The van der Waals surface area contributed by atoms with Gasteiger partial charge in [0, 0.05) is 11.4 Å². The summed E-state index contributed by atoms with van der Waals surface area (Å²) in [7, 11) is 0. The lowest BCUT2D eigenvalue weighted by Gasteiger charge is -2.27. The normalized spacial score (nSPS) is 23.8. The smallest absolute Gasteiger partial charge is 0.136 e. The molecule has 1 aromatic carbocycles. The quantitative estimate of drug-likeness (QED) is 0.831. The summed E-state index contributed by atoms with van der Waals surface area (Å²) in [6, 6.07) is 8.70. The van der Waals surface area contributed by atoms with Gasteiger partial charge in [0.15, 0.2) is 0 Å². The first kappa shape index (κ1) is 13.9. The summed E-state index contributed by atoms with van der Waals surface area (Å²) in [6.07, 6.45) is 1.01. The molecule has 0 saturated heterocycles. The van der Waals surface area contributed by atoms with Crippen LogP contribution in [0, 0.1) is 0 Å². The summed E-state index contributed by atoms with van der Waals surface area (Å²) in [5, 5.41) is 0. The van der Waals surface area contributed by atoms with Crippen LogP contribution in [0.2, 0.25) is 0 Å². The molecule has 0 aromatic heterocycles. The molecule has 100 valence electrons. The van der Waals surface area contributed by atoms with Crippen molar-refractivity contribution in [2.45, 2.75) is 57.2 Å². The Hall–Kier alpha value is -0.510. The summed E-state index contributed by atoms with van der Waals surface area (Å²) < 4.78 is 15.3. The van der Waals surface area contributed by atoms with Crippen molar-refractivity contribution in [1.29, 1.82) is 0 Å². The molecule has 1 aromatic rings. The van der Waals surface area contributed by atoms with Crippen LogP contribution in [0.15, 0.2) is 24.3 Å². The standard InChI is InChI=1S/C15H23NOS/c1-14(2,3)18(17)16-13-10-15(4,5)12-9-7-6-8-11(12)13/h6-9,13,16H,10H2,1-5H3/t13-,18-/m1/s1. The molecule has 0 saturated carbocycles. The minimum atomic E-state index is -1.02. The molecule has 18 heavy (non-hydrogen) atoms. The van der Waals surface area contributed by atoms with Crippen molar-refractivity contribution in [3.8, 4) is 0 Å². The Morgan fingerprint density at radius 3 is 2.50 bits per heavy atom. The van der Waals surface area contributed by atoms with E-state index in [1.165, 1.54) is 11.1 Å². The van der Waals surface area contributed by atoms with E-state index in [9.17, 15) is 4.55 Å². The summed E-state index contributed by atoms with van der Waals surface area (Å²) in [4.78, 5) is 0. The van der Waals surface area contributed by atoms with Crippen LogP contribution in [0.4, 0.5) is 0 Å². The van der Waals surface area contributed by atoms with Gasteiger partial charge in [-0.1, -0.05) is 38.1 Å². The molecule has 1 aliphatic rings. The topological polar surface area (TPSA) is 35.1 Å². The first-order chi connectivity index (χ1) is 8.22. The molecular weight excluding hydrogens is 242 g/mol. The molecule has 0 spiro atoms. The predicted molar refractivity (Wildman–Crippen MR) is 77.9 cm³/mol. The lowest BCUT2D eigenvalue weighted by molar-refractivity contribution is 0.452. The van der Waals surface area contributed by atoms with E-state index in [-0.39, 0.29) is 16.2 Å². The lowest BCUT2D eigenvalue weighted by Crippen LogP contribution is -2.41. The summed E-state index contributed by atoms with van der Waals surface area (Å²) in [5.74, 6) is 0. The maximum Gasteiger partial charge on any atom is 0.136 e. The van der Waals surface area contributed by atoms with E-state index in [1.807, 2.05) is 20.8 Å². The van der Waals surface area contributed by atoms with Gasteiger partial charge in [-0.05, 0) is 43.7 Å². The van der Waals surface area contributed by atoms with Crippen molar-refractivity contribution in [3.63, 3.8) is 0 Å². The van der Waals surface area contributed by atoms with E-state index >= 15 is 0 Å². The van der Waals surface area contributed by atoms with Crippen molar-refractivity contribution >= 4 is 11.4 Å². The van der Waals surface area contributed by atoms with E-state index < -0.39 is 11.4 Å². The molecule has 2 atom stereocenters. The number of fused-ring (bicyclic) bond motifs is 1. The third-order valence-corrected chi connectivity index (χ3v) is 5.20. The van der Waals surface area contributed by atoms with Crippen LogP contribution in [0.25, 0.3) is 0 Å². The first-order valence-corrected chi connectivity index (χ1v) is 7.64. The second-order valence-electron chi connectivity index (χ2n) is 6.73. The number of hydrogen-bond donors (Lipinski definition) is 1. The van der Waals surface area contributed by atoms with E-state index in [2.05, 4.69) is 42.8 Å². The molecule has 0 heterocycles. The van der Waals surface area contributed by atoms with Crippen molar-refractivity contribution in [1.82, 2.24) is 4.72 Å². The van der Waals surface area contributed by atoms with Crippen molar-refractivity contribution < 1.29 is 4.55 Å². The average Bonchev–Trinajstić information content (AvgIpc) is 2.50. The SMILES string of the molecule is CC1(C)C[C@@H](N[S@+]([O-])C(C)(C)C)c2ccccc21. The van der Waals surface area contributed by atoms with Crippen LogP contribution in [0.1, 0.15) is 58.2 Å². The predicted octanol–water partition coefficient (Wildman–Crippen LogP) is 3.46. The van der Waals surface area contributed by atoms with Gasteiger partial charge in [0.25, 0.3) is 0 Å². The van der Waals surface area contributed by atoms with E-state index in [1.54, 1.807) is 0 Å². The zero-order valence-electron chi connectivity index (χ0n) is 11.9. The van der Waals surface area contributed by atoms with Crippen LogP contribution in [0.3, 0.4) is 0 Å². The van der Waals surface area contributed by atoms with Crippen LogP contribution >= 0.6 is 0 Å². The van der Waals surface area contributed by atoms with Crippen LogP contribution < -0.4 is 4.72 Å². The number of hydrogen-bond acceptors (Lipinski definition) is 2. The lowest BCUT2D eigenvalue weighted by atomic mass is 9.87. The van der Waals surface area contributed by atoms with E-state index in [0.717, 1.165) is 6.42 Å². The molecule has 0 unspecified atom stereocenters. The Kier molecular flexibility index (Phi) is 3.52. The largest absolute Gasteiger partial charge is 0.598 e. The highest BCUT2D eigenvalue weighted by molar-refractivity contribution is 7.90. The highest BCUT2D eigenvalue weighted by Gasteiger charge is 2.40. The van der Waals surface area contributed by atoms with Gasteiger partial charge in [-0.25, -0.2) is 0 Å². The van der Waals surface area contributed by atoms with Crippen LogP contribution in [-0.4, -0.2) is 9.30 Å². The van der Waals surface area contributed by atoms with Gasteiger partial charge in [-0.2, -0.15) is 0 Å².